The van der Waals surface area contributed by atoms with Gasteiger partial charge in [0.2, 0.25) is 15.9 Å². The summed E-state index contributed by atoms with van der Waals surface area (Å²) in [4.78, 5) is 14.0. The molecule has 0 saturated carbocycles. The van der Waals surface area contributed by atoms with Crippen molar-refractivity contribution in [3.8, 4) is 0 Å². The van der Waals surface area contributed by atoms with E-state index in [9.17, 15) is 13.2 Å². The van der Waals surface area contributed by atoms with Crippen LogP contribution in [0.2, 0.25) is 0 Å². The first-order chi connectivity index (χ1) is 10.9. The minimum atomic E-state index is -3.16. The Morgan fingerprint density at radius 2 is 1.87 bits per heavy atom. The van der Waals surface area contributed by atoms with Gasteiger partial charge in [0, 0.05) is 25.3 Å². The smallest absolute Gasteiger partial charge is 0.244 e. The summed E-state index contributed by atoms with van der Waals surface area (Å²) in [5, 5.41) is 3.17. The molecule has 1 N–H and O–H groups in total. The van der Waals surface area contributed by atoms with Gasteiger partial charge in [0.1, 0.15) is 6.04 Å². The van der Waals surface area contributed by atoms with E-state index in [1.807, 2.05) is 32.9 Å². The second kappa shape index (κ2) is 7.21. The van der Waals surface area contributed by atoms with Crippen molar-refractivity contribution in [3.63, 3.8) is 0 Å². The zero-order valence-corrected chi connectivity index (χ0v) is 14.8. The molecule has 128 valence electrons. The monoisotopic (exact) mass is 339 g/mol. The number of rotatable bonds is 6. The zero-order chi connectivity index (χ0) is 17.0. The molecule has 23 heavy (non-hydrogen) atoms. The Bertz CT molecular complexity index is 639. The highest BCUT2D eigenvalue weighted by Gasteiger charge is 2.28. The second-order valence-electron chi connectivity index (χ2n) is 5.67. The minimum absolute atomic E-state index is 0.0567. The lowest BCUT2D eigenvalue weighted by Crippen LogP contribution is -2.41. The molecule has 1 amide bonds. The van der Waals surface area contributed by atoms with Gasteiger partial charge in [0.15, 0.2) is 0 Å². The van der Waals surface area contributed by atoms with Gasteiger partial charge >= 0.3 is 0 Å². The molecule has 1 aliphatic rings. The van der Waals surface area contributed by atoms with Crippen LogP contribution in [-0.2, 0) is 14.8 Å². The van der Waals surface area contributed by atoms with Gasteiger partial charge < -0.3 is 10.2 Å². The summed E-state index contributed by atoms with van der Waals surface area (Å²) in [5.74, 6) is 0.267. The molecule has 6 nitrogen and oxygen atoms in total. The Morgan fingerprint density at radius 3 is 2.35 bits per heavy atom. The molecule has 1 aromatic carbocycles. The molecule has 0 aromatic heterocycles. The predicted octanol–water partition coefficient (Wildman–Crippen LogP) is 1.90. The third kappa shape index (κ3) is 3.96. The summed E-state index contributed by atoms with van der Waals surface area (Å²) in [6, 6.07) is 6.86. The van der Waals surface area contributed by atoms with Crippen molar-refractivity contribution in [2.24, 2.45) is 0 Å². The number of anilines is 2. The fraction of sp³-hybridized carbons (Fsp3) is 0.562. The first-order valence-corrected chi connectivity index (χ1v) is 9.65. The van der Waals surface area contributed by atoms with E-state index in [1.54, 1.807) is 17.0 Å². The van der Waals surface area contributed by atoms with E-state index >= 15 is 0 Å². The van der Waals surface area contributed by atoms with Crippen molar-refractivity contribution < 1.29 is 13.2 Å². The molecule has 1 atom stereocenters. The van der Waals surface area contributed by atoms with E-state index in [2.05, 4.69) is 5.32 Å². The maximum atomic E-state index is 12.2. The van der Waals surface area contributed by atoms with Crippen LogP contribution in [0.25, 0.3) is 0 Å². The van der Waals surface area contributed by atoms with Crippen LogP contribution in [0.3, 0.4) is 0 Å². The van der Waals surface area contributed by atoms with Crippen LogP contribution in [0.4, 0.5) is 11.4 Å². The van der Waals surface area contributed by atoms with Crippen LogP contribution in [-0.4, -0.2) is 50.7 Å². The van der Waals surface area contributed by atoms with E-state index in [1.165, 1.54) is 4.31 Å². The van der Waals surface area contributed by atoms with E-state index in [0.717, 1.165) is 5.69 Å². The molecule has 1 saturated heterocycles. The summed E-state index contributed by atoms with van der Waals surface area (Å²) < 4.78 is 25.3. The standard InChI is InChI=1S/C16H25N3O3S/c1-4-18(5-2)16(20)13(3)17-14-7-9-15(10-8-14)19-11-6-12-23(19,21)22/h7-10,13,17H,4-6,11-12H2,1-3H3/t13-/m1/s1. The molecule has 1 fully saturated rings. The largest absolute Gasteiger partial charge is 0.374 e. The van der Waals surface area contributed by atoms with Gasteiger partial charge in [0.25, 0.3) is 0 Å². The Balaban J connectivity index is 2.04. The van der Waals surface area contributed by atoms with Gasteiger partial charge in [-0.3, -0.25) is 9.10 Å². The number of carbonyl (C=O) groups is 1. The van der Waals surface area contributed by atoms with Crippen LogP contribution in [0.15, 0.2) is 24.3 Å². The van der Waals surface area contributed by atoms with Gasteiger partial charge in [-0.2, -0.15) is 0 Å². The SMILES string of the molecule is CCN(CC)C(=O)[C@@H](C)Nc1ccc(N2CCCS2(=O)=O)cc1. The number of hydrogen-bond acceptors (Lipinski definition) is 4. The molecule has 0 bridgehead atoms. The number of benzene rings is 1. The normalized spacial score (nSPS) is 17.8. The summed E-state index contributed by atoms with van der Waals surface area (Å²) in [6.45, 7) is 7.66. The van der Waals surface area contributed by atoms with Crippen LogP contribution >= 0.6 is 0 Å². The van der Waals surface area contributed by atoms with Gasteiger partial charge in [-0.05, 0) is 51.5 Å². The van der Waals surface area contributed by atoms with Crippen LogP contribution in [0.5, 0.6) is 0 Å². The van der Waals surface area contributed by atoms with Crippen LogP contribution in [0.1, 0.15) is 27.2 Å². The fourth-order valence-electron chi connectivity index (χ4n) is 2.77. The van der Waals surface area contributed by atoms with E-state index < -0.39 is 10.0 Å². The number of nitrogens with zero attached hydrogens (tertiary/aromatic N) is 2. The van der Waals surface area contributed by atoms with Gasteiger partial charge in [-0.25, -0.2) is 8.42 Å². The van der Waals surface area contributed by atoms with Crippen LogP contribution < -0.4 is 9.62 Å². The Morgan fingerprint density at radius 1 is 1.26 bits per heavy atom. The summed E-state index contributed by atoms with van der Waals surface area (Å²) >= 11 is 0. The number of sulfonamides is 1. The fourth-order valence-corrected chi connectivity index (χ4v) is 4.34. The first-order valence-electron chi connectivity index (χ1n) is 8.04. The lowest BCUT2D eigenvalue weighted by Gasteiger charge is -2.24. The molecule has 1 aromatic rings. The number of nitrogens with one attached hydrogen (secondary N) is 1. The predicted molar refractivity (Wildman–Crippen MR) is 93.2 cm³/mol. The maximum Gasteiger partial charge on any atom is 0.244 e. The van der Waals surface area contributed by atoms with Crippen molar-refractivity contribution in [1.29, 1.82) is 0 Å². The topological polar surface area (TPSA) is 69.7 Å². The molecule has 0 aliphatic carbocycles. The third-order valence-electron chi connectivity index (χ3n) is 4.08. The van der Waals surface area contributed by atoms with Gasteiger partial charge in [0.05, 0.1) is 11.4 Å². The molecule has 0 unspecified atom stereocenters. The summed E-state index contributed by atoms with van der Waals surface area (Å²) in [6.07, 6.45) is 0.664. The summed E-state index contributed by atoms with van der Waals surface area (Å²) in [7, 11) is -3.16. The minimum Gasteiger partial charge on any atom is -0.374 e. The first kappa shape index (κ1) is 17.6. The second-order valence-corrected chi connectivity index (χ2v) is 7.68. The van der Waals surface area contributed by atoms with Crippen molar-refractivity contribution in [2.75, 3.05) is 35.0 Å². The van der Waals surface area contributed by atoms with Crippen molar-refractivity contribution in [1.82, 2.24) is 4.90 Å². The van der Waals surface area contributed by atoms with Crippen molar-refractivity contribution in [2.45, 2.75) is 33.2 Å². The molecule has 1 aliphatic heterocycles. The average Bonchev–Trinajstić information content (AvgIpc) is 2.88. The lowest BCUT2D eigenvalue weighted by atomic mass is 10.2. The van der Waals surface area contributed by atoms with Crippen molar-refractivity contribution in [3.05, 3.63) is 24.3 Å². The van der Waals surface area contributed by atoms with Gasteiger partial charge in [-0.15, -0.1) is 0 Å². The highest BCUT2D eigenvalue weighted by Crippen LogP contribution is 2.25. The molecule has 1 heterocycles. The van der Waals surface area contributed by atoms with E-state index in [0.29, 0.717) is 31.7 Å². The molecular weight excluding hydrogens is 314 g/mol. The summed E-state index contributed by atoms with van der Waals surface area (Å²) in [5.41, 5.74) is 1.48. The Labute approximate surface area is 138 Å². The molecular formula is C16H25N3O3S. The Kier molecular flexibility index (Phi) is 5.51. The lowest BCUT2D eigenvalue weighted by molar-refractivity contribution is -0.131. The maximum absolute atomic E-state index is 12.2. The molecule has 0 spiro atoms. The van der Waals surface area contributed by atoms with Gasteiger partial charge in [-0.1, -0.05) is 0 Å². The van der Waals surface area contributed by atoms with E-state index in [-0.39, 0.29) is 17.7 Å². The molecule has 0 radical (unpaired) electrons. The molecule has 2 rings (SSSR count). The van der Waals surface area contributed by atoms with Crippen LogP contribution in [0, 0.1) is 0 Å². The number of likely N-dealkylation sites (N-methyl/N-ethyl adjacent to an activating group) is 1. The average molecular weight is 339 g/mol. The highest BCUT2D eigenvalue weighted by atomic mass is 32.2. The number of carbonyl (C=O) groups excluding carboxylic acids is 1. The zero-order valence-electron chi connectivity index (χ0n) is 13.9. The highest BCUT2D eigenvalue weighted by molar-refractivity contribution is 7.93. The van der Waals surface area contributed by atoms with Crippen molar-refractivity contribution >= 4 is 27.3 Å². The number of hydrogen-bond donors (Lipinski definition) is 1. The van der Waals surface area contributed by atoms with E-state index in [4.69, 9.17) is 0 Å². The quantitative estimate of drug-likeness (QED) is 0.859. The third-order valence-corrected chi connectivity index (χ3v) is 5.95. The molecule has 7 heteroatoms. The number of amides is 1. The Hall–Kier alpha value is -1.76.